The van der Waals surface area contributed by atoms with Crippen LogP contribution < -0.4 is 0 Å². The molecule has 3 nitrogen and oxygen atoms in total. The molecule has 0 aliphatic heterocycles. The minimum Gasteiger partial charge on any atom is -0.508 e. The van der Waals surface area contributed by atoms with Crippen LogP contribution in [0.25, 0.3) is 23.1 Å². The molecule has 0 saturated carbocycles. The number of rotatable bonds is 8. The number of hydrogen-bond acceptors (Lipinski definition) is 3. The normalized spacial score (nSPS) is 13.4. The van der Waals surface area contributed by atoms with Gasteiger partial charge >= 0.3 is 0 Å². The van der Waals surface area contributed by atoms with Gasteiger partial charge < -0.3 is 10.2 Å². The summed E-state index contributed by atoms with van der Waals surface area (Å²) in [6.45, 7) is 3.92. The largest absolute Gasteiger partial charge is 0.508 e. The Morgan fingerprint density at radius 3 is 2.55 bits per heavy atom. The van der Waals surface area contributed by atoms with Crippen LogP contribution in [0.3, 0.4) is 0 Å². The van der Waals surface area contributed by atoms with E-state index >= 15 is 0 Å². The smallest absolute Gasteiger partial charge is 0.117 e. The lowest BCUT2D eigenvalue weighted by atomic mass is 9.87. The van der Waals surface area contributed by atoms with Gasteiger partial charge in [0.15, 0.2) is 0 Å². The van der Waals surface area contributed by atoms with Crippen molar-refractivity contribution in [3.63, 3.8) is 0 Å². The molecule has 0 bridgehead atoms. The third-order valence-corrected chi connectivity index (χ3v) is 6.29. The molecule has 4 aromatic rings. The minimum atomic E-state index is -0.781. The van der Waals surface area contributed by atoms with Crippen molar-refractivity contribution in [3.8, 4) is 5.75 Å². The topological polar surface area (TPSA) is 53.4 Å². The Labute approximate surface area is 196 Å². The van der Waals surface area contributed by atoms with Gasteiger partial charge in [-0.3, -0.25) is 0 Å². The zero-order valence-corrected chi connectivity index (χ0v) is 19.3. The number of benzene rings is 3. The molecule has 1 aromatic heterocycles. The van der Waals surface area contributed by atoms with Crippen molar-refractivity contribution in [2.45, 2.75) is 45.1 Å². The van der Waals surface area contributed by atoms with Crippen LogP contribution in [0.5, 0.6) is 5.75 Å². The molecule has 1 unspecified atom stereocenters. The lowest BCUT2D eigenvalue weighted by molar-refractivity contribution is 0.0521. The molecule has 168 valence electrons. The lowest BCUT2D eigenvalue weighted by Gasteiger charge is -2.25. The summed E-state index contributed by atoms with van der Waals surface area (Å²) < 4.78 is 0. The van der Waals surface area contributed by atoms with Crippen molar-refractivity contribution in [3.05, 3.63) is 107 Å². The molecule has 0 saturated heterocycles. The van der Waals surface area contributed by atoms with E-state index in [2.05, 4.69) is 47.5 Å². The zero-order chi connectivity index (χ0) is 23.3. The summed E-state index contributed by atoms with van der Waals surface area (Å²) in [6, 6.07) is 26.1. The van der Waals surface area contributed by atoms with Gasteiger partial charge in [-0.1, -0.05) is 67.6 Å². The molecule has 0 radical (unpaired) electrons. The predicted octanol–water partition coefficient (Wildman–Crippen LogP) is 6.90. The summed E-state index contributed by atoms with van der Waals surface area (Å²) in [5.41, 5.74) is 5.57. The number of fused-ring (bicyclic) bond motifs is 1. The van der Waals surface area contributed by atoms with Gasteiger partial charge in [0.2, 0.25) is 0 Å². The molecule has 4 rings (SSSR count). The van der Waals surface area contributed by atoms with Gasteiger partial charge in [-0.2, -0.15) is 0 Å². The monoisotopic (exact) mass is 437 g/mol. The highest BCUT2D eigenvalue weighted by Crippen LogP contribution is 2.28. The first-order chi connectivity index (χ1) is 15.9. The van der Waals surface area contributed by atoms with E-state index < -0.39 is 5.60 Å². The lowest BCUT2D eigenvalue weighted by Crippen LogP contribution is -2.21. The summed E-state index contributed by atoms with van der Waals surface area (Å²) in [5, 5.41) is 21.4. The van der Waals surface area contributed by atoms with Crippen LogP contribution in [0, 0.1) is 0 Å². The van der Waals surface area contributed by atoms with E-state index in [0.717, 1.165) is 47.0 Å². The number of aryl methyl sites for hydroxylation is 2. The van der Waals surface area contributed by atoms with Crippen molar-refractivity contribution in [2.24, 2.45) is 0 Å². The van der Waals surface area contributed by atoms with Crippen molar-refractivity contribution in [1.82, 2.24) is 4.98 Å². The highest BCUT2D eigenvalue weighted by molar-refractivity contribution is 5.82. The Bertz CT molecular complexity index is 1270. The first kappa shape index (κ1) is 22.8. The van der Waals surface area contributed by atoms with Gasteiger partial charge in [0.05, 0.1) is 16.8 Å². The molecule has 3 heteroatoms. The number of hydrogen-bond donors (Lipinski definition) is 2. The molecule has 1 heterocycles. The number of aromatic nitrogens is 1. The Balaban J connectivity index is 1.42. The minimum absolute atomic E-state index is 0.227. The molecule has 0 aliphatic rings. The second-order valence-electron chi connectivity index (χ2n) is 8.83. The number of phenolic OH excluding ortho intramolecular Hbond substituents is 1. The first-order valence-electron chi connectivity index (χ1n) is 11.6. The molecule has 1 atom stereocenters. The second kappa shape index (κ2) is 10.0. The molecule has 2 N–H and O–H groups in total. The Morgan fingerprint density at radius 2 is 1.70 bits per heavy atom. The maximum atomic E-state index is 10.7. The Hall–Kier alpha value is -3.43. The highest BCUT2D eigenvalue weighted by atomic mass is 16.3. The number of nitrogens with zero attached hydrogens (tertiary/aromatic N) is 1. The van der Waals surface area contributed by atoms with Crippen LogP contribution in [-0.2, 0) is 18.4 Å². The fourth-order valence-electron chi connectivity index (χ4n) is 4.19. The fraction of sp³-hybridized carbons (Fsp3) is 0.233. The van der Waals surface area contributed by atoms with E-state index in [4.69, 9.17) is 0 Å². The van der Waals surface area contributed by atoms with Crippen LogP contribution in [-0.4, -0.2) is 15.2 Å². The van der Waals surface area contributed by atoms with Crippen molar-refractivity contribution in [1.29, 1.82) is 0 Å². The van der Waals surface area contributed by atoms with Crippen molar-refractivity contribution >= 4 is 23.1 Å². The molecule has 0 aliphatic carbocycles. The van der Waals surface area contributed by atoms with Crippen LogP contribution in [0.2, 0.25) is 0 Å². The van der Waals surface area contributed by atoms with Crippen molar-refractivity contribution in [2.75, 3.05) is 0 Å². The quantitative estimate of drug-likeness (QED) is 0.315. The van der Waals surface area contributed by atoms with E-state index in [9.17, 15) is 10.2 Å². The average Bonchev–Trinajstić information content (AvgIpc) is 2.83. The van der Waals surface area contributed by atoms with E-state index in [1.807, 2.05) is 50.3 Å². The standard InChI is InChI=1S/C30H31NO2/c1-3-30(2,33)28-13-5-4-11-24(28)12-7-10-22-8-6-9-23(20-22)14-17-26-18-15-25-16-19-27(32)21-29(25)31-26/h4-6,8-9,11,13-21,32-33H,3,7,10,12H2,1-2H3/b17-14+. The van der Waals surface area contributed by atoms with E-state index in [1.165, 1.54) is 11.1 Å². The summed E-state index contributed by atoms with van der Waals surface area (Å²) in [6.07, 6.45) is 7.74. The van der Waals surface area contributed by atoms with Gasteiger partial charge in [0.25, 0.3) is 0 Å². The molecule has 0 amide bonds. The predicted molar refractivity (Wildman–Crippen MR) is 137 cm³/mol. The maximum absolute atomic E-state index is 10.7. The van der Waals surface area contributed by atoms with Gasteiger partial charge in [-0.25, -0.2) is 4.98 Å². The van der Waals surface area contributed by atoms with Crippen LogP contribution >= 0.6 is 0 Å². The summed E-state index contributed by atoms with van der Waals surface area (Å²) in [4.78, 5) is 4.62. The third kappa shape index (κ3) is 5.68. The summed E-state index contributed by atoms with van der Waals surface area (Å²) >= 11 is 0. The zero-order valence-electron chi connectivity index (χ0n) is 19.3. The SMILES string of the molecule is CCC(C)(O)c1ccccc1CCCc1cccc(/C=C/c2ccc3ccc(O)cc3n2)c1. The molecular formula is C30H31NO2. The van der Waals surface area contributed by atoms with Gasteiger partial charge in [0, 0.05) is 11.5 Å². The Kier molecular flexibility index (Phi) is 6.90. The summed E-state index contributed by atoms with van der Waals surface area (Å²) in [5.74, 6) is 0.227. The molecule has 0 spiro atoms. The highest BCUT2D eigenvalue weighted by Gasteiger charge is 2.22. The van der Waals surface area contributed by atoms with E-state index in [0.29, 0.717) is 6.42 Å². The third-order valence-electron chi connectivity index (χ3n) is 6.29. The van der Waals surface area contributed by atoms with E-state index in [-0.39, 0.29) is 5.75 Å². The first-order valence-corrected chi connectivity index (χ1v) is 11.6. The molecule has 3 aromatic carbocycles. The summed E-state index contributed by atoms with van der Waals surface area (Å²) in [7, 11) is 0. The molecule has 33 heavy (non-hydrogen) atoms. The van der Waals surface area contributed by atoms with Crippen LogP contribution in [0.1, 0.15) is 54.6 Å². The Morgan fingerprint density at radius 1 is 0.879 bits per heavy atom. The van der Waals surface area contributed by atoms with Crippen LogP contribution in [0.4, 0.5) is 0 Å². The number of aliphatic hydroxyl groups is 1. The van der Waals surface area contributed by atoms with E-state index in [1.54, 1.807) is 12.1 Å². The maximum Gasteiger partial charge on any atom is 0.117 e. The molecule has 0 fully saturated rings. The van der Waals surface area contributed by atoms with Crippen LogP contribution in [0.15, 0.2) is 78.9 Å². The number of pyridine rings is 1. The second-order valence-corrected chi connectivity index (χ2v) is 8.83. The van der Waals surface area contributed by atoms with Gasteiger partial charge in [0.1, 0.15) is 5.75 Å². The number of aromatic hydroxyl groups is 1. The number of phenols is 1. The molecular weight excluding hydrogens is 406 g/mol. The fourth-order valence-corrected chi connectivity index (χ4v) is 4.19. The van der Waals surface area contributed by atoms with Crippen molar-refractivity contribution < 1.29 is 10.2 Å². The van der Waals surface area contributed by atoms with Gasteiger partial charge in [-0.15, -0.1) is 0 Å². The van der Waals surface area contributed by atoms with Gasteiger partial charge in [-0.05, 0) is 79.1 Å². The average molecular weight is 438 g/mol.